The minimum absolute atomic E-state index is 0.120. The number of aryl methyl sites for hydroxylation is 1. The summed E-state index contributed by atoms with van der Waals surface area (Å²) in [5.74, 6) is -3.08. The van der Waals surface area contributed by atoms with E-state index in [4.69, 9.17) is 0 Å². The summed E-state index contributed by atoms with van der Waals surface area (Å²) in [5, 5.41) is 0. The van der Waals surface area contributed by atoms with Crippen LogP contribution < -0.4 is 9.80 Å². The molecule has 8 nitrogen and oxygen atoms in total. The van der Waals surface area contributed by atoms with Crippen molar-refractivity contribution in [1.29, 1.82) is 0 Å². The Hall–Kier alpha value is -2.72. The molecule has 2 heterocycles. The molecular formula is C18H10Br2N2O6. The summed E-state index contributed by atoms with van der Waals surface area (Å²) < 4.78 is -1.46. The number of hydrogen-bond donors (Lipinski definition) is 0. The minimum atomic E-state index is -0.821. The second kappa shape index (κ2) is 7.02. The van der Waals surface area contributed by atoms with Crippen molar-refractivity contribution in [3.05, 3.63) is 46.6 Å². The first-order valence-corrected chi connectivity index (χ1v) is 9.35. The third-order valence-corrected chi connectivity index (χ3v) is 5.19. The molecule has 2 aliphatic rings. The lowest BCUT2D eigenvalue weighted by molar-refractivity contribution is -0.122. The molecule has 0 bridgehead atoms. The van der Waals surface area contributed by atoms with Crippen LogP contribution >= 0.6 is 31.9 Å². The Balaban J connectivity index is 2.11. The van der Waals surface area contributed by atoms with Gasteiger partial charge in [0, 0.05) is 12.2 Å². The smallest absolute Gasteiger partial charge is 0.270 e. The van der Waals surface area contributed by atoms with Crippen molar-refractivity contribution >= 4 is 76.2 Å². The zero-order chi connectivity index (χ0) is 20.9. The molecular weight excluding hydrogens is 500 g/mol. The Morgan fingerprint density at radius 1 is 0.786 bits per heavy atom. The first-order valence-electron chi connectivity index (χ1n) is 7.76. The summed E-state index contributed by atoms with van der Waals surface area (Å²) in [4.78, 5) is 74.3. The van der Waals surface area contributed by atoms with Crippen molar-refractivity contribution in [2.24, 2.45) is 0 Å². The first kappa shape index (κ1) is 20.0. The Bertz CT molecular complexity index is 1090. The highest BCUT2D eigenvalue weighted by Crippen LogP contribution is 2.37. The fraction of sp³-hybridized carbons (Fsp3) is 0.111. The molecule has 0 spiro atoms. The van der Waals surface area contributed by atoms with Crippen molar-refractivity contribution in [2.45, 2.75) is 13.8 Å². The summed E-state index contributed by atoms with van der Waals surface area (Å²) in [5.41, 5.74) is 0.437. The molecule has 4 amide bonds. The molecule has 0 unspecified atom stereocenters. The molecule has 3 rings (SSSR count). The van der Waals surface area contributed by atoms with Gasteiger partial charge in [0.05, 0.1) is 11.4 Å². The van der Waals surface area contributed by atoms with Gasteiger partial charge >= 0.3 is 0 Å². The molecule has 2 aliphatic heterocycles. The number of anilines is 2. The van der Waals surface area contributed by atoms with Crippen LogP contribution in [0.1, 0.15) is 11.1 Å². The number of benzene rings is 1. The number of carbonyl (C=O) groups is 6. The molecule has 0 radical (unpaired) electrons. The van der Waals surface area contributed by atoms with Gasteiger partial charge in [-0.1, -0.05) is 6.07 Å². The third kappa shape index (κ3) is 2.98. The number of amides is 4. The van der Waals surface area contributed by atoms with Gasteiger partial charge in [-0.05, 0) is 62.9 Å². The summed E-state index contributed by atoms with van der Waals surface area (Å²) >= 11 is 5.32. The number of hydrogen-bond acceptors (Lipinski definition) is 6. The second-order valence-electron chi connectivity index (χ2n) is 6.00. The number of halogens is 2. The van der Waals surface area contributed by atoms with E-state index >= 15 is 0 Å². The van der Waals surface area contributed by atoms with E-state index < -0.39 is 33.0 Å². The van der Waals surface area contributed by atoms with E-state index in [-0.39, 0.29) is 28.1 Å². The maximum absolute atomic E-state index is 12.5. The van der Waals surface area contributed by atoms with Crippen molar-refractivity contribution in [3.63, 3.8) is 0 Å². The highest BCUT2D eigenvalue weighted by molar-refractivity contribution is 9.18. The summed E-state index contributed by atoms with van der Waals surface area (Å²) in [6.07, 6.45) is 1.83. The van der Waals surface area contributed by atoms with Crippen molar-refractivity contribution in [2.75, 3.05) is 9.80 Å². The lowest BCUT2D eigenvalue weighted by Crippen LogP contribution is -2.35. The molecule has 0 atom stereocenters. The highest BCUT2D eigenvalue weighted by Gasteiger charge is 2.40. The van der Waals surface area contributed by atoms with Crippen LogP contribution in [-0.4, -0.2) is 33.0 Å². The van der Waals surface area contributed by atoms with Crippen molar-refractivity contribution in [1.82, 2.24) is 0 Å². The van der Waals surface area contributed by atoms with Gasteiger partial charge in [-0.3, -0.25) is 28.8 Å². The molecule has 142 valence electrons. The quantitative estimate of drug-likeness (QED) is 0.347. The largest absolute Gasteiger partial charge is 0.281 e. The molecule has 0 N–H and O–H groups in total. The van der Waals surface area contributed by atoms with Gasteiger partial charge in [0.2, 0.25) is 9.39 Å². The van der Waals surface area contributed by atoms with E-state index in [1.54, 1.807) is 6.92 Å². The van der Waals surface area contributed by atoms with Crippen molar-refractivity contribution in [3.8, 4) is 0 Å². The monoisotopic (exact) mass is 508 g/mol. The zero-order valence-corrected chi connectivity index (χ0v) is 17.6. The maximum atomic E-state index is 12.5. The van der Waals surface area contributed by atoms with Crippen LogP contribution in [0.3, 0.4) is 0 Å². The molecule has 1 aromatic rings. The summed E-state index contributed by atoms with van der Waals surface area (Å²) in [6.45, 7) is 3.17. The van der Waals surface area contributed by atoms with E-state index in [9.17, 15) is 28.8 Å². The molecule has 1 aromatic carbocycles. The fourth-order valence-corrected chi connectivity index (χ4v) is 3.64. The standard InChI is InChI=1S/C18H10Br2N2O6/c1-7-3-4-11(21-12(23)5-9(15(19)25)17(21)27)8(2)14(7)22-13(24)6-10(16(20)26)18(22)28/h3-6H,1-2H3. The average molecular weight is 510 g/mol. The lowest BCUT2D eigenvalue weighted by Gasteiger charge is -2.24. The SMILES string of the molecule is Cc1ccc(N2C(=O)C=C(C(=O)Br)C2=O)c(C)c1N1C(=O)C=C(C(=O)Br)C1=O. The number of imide groups is 2. The topological polar surface area (TPSA) is 109 Å². The molecule has 0 fully saturated rings. The second-order valence-corrected chi connectivity index (χ2v) is 7.44. The normalized spacial score (nSPS) is 16.7. The third-order valence-electron chi connectivity index (χ3n) is 4.34. The molecule has 0 saturated carbocycles. The van der Waals surface area contributed by atoms with Crippen LogP contribution in [0.25, 0.3) is 0 Å². The average Bonchev–Trinajstić information content (AvgIpc) is 3.06. The van der Waals surface area contributed by atoms with Crippen LogP contribution in [0.5, 0.6) is 0 Å². The van der Waals surface area contributed by atoms with E-state index in [1.807, 2.05) is 0 Å². The summed E-state index contributed by atoms with van der Waals surface area (Å²) in [6, 6.07) is 3.01. The molecule has 0 aromatic heterocycles. The van der Waals surface area contributed by atoms with Crippen LogP contribution in [0.2, 0.25) is 0 Å². The van der Waals surface area contributed by atoms with E-state index in [1.165, 1.54) is 19.1 Å². The first-order chi connectivity index (χ1) is 13.1. The van der Waals surface area contributed by atoms with Gasteiger partial charge in [-0.2, -0.15) is 0 Å². The number of nitrogens with zero attached hydrogens (tertiary/aromatic N) is 2. The molecule has 10 heteroatoms. The van der Waals surface area contributed by atoms with Crippen LogP contribution in [0.4, 0.5) is 11.4 Å². The minimum Gasteiger partial charge on any atom is -0.281 e. The number of carbonyl (C=O) groups excluding carboxylic acids is 6. The van der Waals surface area contributed by atoms with Gasteiger partial charge in [0.25, 0.3) is 23.6 Å². The van der Waals surface area contributed by atoms with Crippen LogP contribution in [-0.2, 0) is 28.8 Å². The van der Waals surface area contributed by atoms with Crippen LogP contribution in [0, 0.1) is 13.8 Å². The van der Waals surface area contributed by atoms with E-state index in [0.29, 0.717) is 5.56 Å². The molecule has 0 saturated heterocycles. The molecule has 28 heavy (non-hydrogen) atoms. The predicted molar refractivity (Wildman–Crippen MR) is 105 cm³/mol. The van der Waals surface area contributed by atoms with E-state index in [2.05, 4.69) is 31.9 Å². The predicted octanol–water partition coefficient (Wildman–Crippen LogP) is 1.75. The number of rotatable bonds is 4. The lowest BCUT2D eigenvalue weighted by atomic mass is 10.0. The Morgan fingerprint density at radius 3 is 1.71 bits per heavy atom. The highest BCUT2D eigenvalue weighted by atomic mass is 79.9. The van der Waals surface area contributed by atoms with Gasteiger partial charge in [0.15, 0.2) is 0 Å². The van der Waals surface area contributed by atoms with E-state index in [0.717, 1.165) is 22.0 Å². The Morgan fingerprint density at radius 2 is 1.25 bits per heavy atom. The van der Waals surface area contributed by atoms with Gasteiger partial charge < -0.3 is 0 Å². The molecule has 0 aliphatic carbocycles. The van der Waals surface area contributed by atoms with Gasteiger partial charge in [-0.25, -0.2) is 9.80 Å². The summed E-state index contributed by atoms with van der Waals surface area (Å²) in [7, 11) is 0. The van der Waals surface area contributed by atoms with Gasteiger partial charge in [-0.15, -0.1) is 0 Å². The van der Waals surface area contributed by atoms with Crippen molar-refractivity contribution < 1.29 is 28.8 Å². The van der Waals surface area contributed by atoms with Gasteiger partial charge in [0.1, 0.15) is 11.1 Å². The Kier molecular flexibility index (Phi) is 5.02. The Labute approximate surface area is 175 Å². The fourth-order valence-electron chi connectivity index (χ4n) is 3.07. The maximum Gasteiger partial charge on any atom is 0.270 e. The zero-order valence-electron chi connectivity index (χ0n) is 14.4. The van der Waals surface area contributed by atoms with Crippen LogP contribution in [0.15, 0.2) is 35.4 Å².